The van der Waals surface area contributed by atoms with E-state index < -0.39 is 0 Å². The molecule has 5 aliphatic rings. The number of para-hydroxylation sites is 1. The molecule has 57 heavy (non-hydrogen) atoms. The quantitative estimate of drug-likeness (QED) is 0.152. The van der Waals surface area contributed by atoms with Gasteiger partial charge in [-0.15, -0.1) is 0 Å². The van der Waals surface area contributed by atoms with E-state index >= 15 is 0 Å². The summed E-state index contributed by atoms with van der Waals surface area (Å²) >= 11 is 0. The summed E-state index contributed by atoms with van der Waals surface area (Å²) in [5.41, 5.74) is 27.8. The minimum Gasteiger partial charge on any atom is -0.378 e. The fourth-order valence-electron chi connectivity index (χ4n) is 12.6. The van der Waals surface area contributed by atoms with Crippen LogP contribution in [0.1, 0.15) is 113 Å². The van der Waals surface area contributed by atoms with Crippen molar-refractivity contribution in [3.63, 3.8) is 0 Å². The zero-order valence-corrected chi connectivity index (χ0v) is 35.2. The van der Waals surface area contributed by atoms with E-state index in [-0.39, 0.29) is 28.5 Å². The summed E-state index contributed by atoms with van der Waals surface area (Å²) in [5.74, 6) is 0. The van der Waals surface area contributed by atoms with Crippen LogP contribution in [0, 0.1) is 13.8 Å². The minimum atomic E-state index is -0.195. The van der Waals surface area contributed by atoms with Gasteiger partial charge in [-0.05, 0) is 122 Å². The van der Waals surface area contributed by atoms with Gasteiger partial charge in [0.1, 0.15) is 0 Å². The van der Waals surface area contributed by atoms with Gasteiger partial charge >= 0.3 is 6.85 Å². The third-order valence-corrected chi connectivity index (χ3v) is 15.5. The molecule has 12 rings (SSSR count). The Bertz CT molecular complexity index is 3000. The number of anilines is 3. The number of fused-ring (bicyclic) bond motifs is 14. The normalized spacial score (nSPS) is 18.7. The predicted octanol–water partition coefficient (Wildman–Crippen LogP) is 12.6. The standard InChI is InChI=1S/C54H51BN2/c1-30-26-37-34-18-15-19-36-45-35-17-12-14-21-39(35)54(9,10)50(45)57(48(34)36)55-42-23-22-33-32-16-11-13-20-38(32)53(7,8)46(33)49(42)56(44(27-30)47(37)55)43-29-41-40(28-31(43)2)51(3,4)24-25-52(41,5)6/h11-23,26-29H,24-25H2,1-10H3. The average molecular weight is 739 g/mol. The second-order valence-corrected chi connectivity index (χ2v) is 20.5. The van der Waals surface area contributed by atoms with Gasteiger partial charge in [0.05, 0.1) is 0 Å². The Hall–Kier alpha value is -5.28. The van der Waals surface area contributed by atoms with Gasteiger partial charge in [0.2, 0.25) is 0 Å². The molecule has 0 N–H and O–H groups in total. The molecule has 0 unspecified atom stereocenters. The van der Waals surface area contributed by atoms with Gasteiger partial charge in [0.15, 0.2) is 0 Å². The maximum Gasteiger partial charge on any atom is 0.332 e. The lowest BCUT2D eigenvalue weighted by atomic mass is 9.44. The van der Waals surface area contributed by atoms with Crippen LogP contribution >= 0.6 is 0 Å². The number of hydrogen-bond acceptors (Lipinski definition) is 1. The molecular formula is C54H51BN2. The molecular weight excluding hydrogens is 687 g/mol. The Kier molecular flexibility index (Phi) is 6.18. The van der Waals surface area contributed by atoms with Gasteiger partial charge in [0.25, 0.3) is 0 Å². The molecule has 0 atom stereocenters. The molecule has 0 saturated heterocycles. The second kappa shape index (κ2) is 10.4. The molecule has 2 nitrogen and oxygen atoms in total. The third kappa shape index (κ3) is 3.94. The Morgan fingerprint density at radius 2 is 1.19 bits per heavy atom. The molecule has 2 aliphatic heterocycles. The molecule has 6 aromatic carbocycles. The second-order valence-electron chi connectivity index (χ2n) is 20.5. The first-order chi connectivity index (χ1) is 27.1. The Morgan fingerprint density at radius 1 is 0.544 bits per heavy atom. The van der Waals surface area contributed by atoms with E-state index in [0.717, 1.165) is 0 Å². The van der Waals surface area contributed by atoms with Crippen molar-refractivity contribution in [2.24, 2.45) is 0 Å². The number of rotatable bonds is 1. The summed E-state index contributed by atoms with van der Waals surface area (Å²) in [5, 5.41) is 1.38. The molecule has 0 radical (unpaired) electrons. The van der Waals surface area contributed by atoms with Crippen molar-refractivity contribution in [1.29, 1.82) is 0 Å². The third-order valence-electron chi connectivity index (χ3n) is 15.5. The van der Waals surface area contributed by atoms with Crippen LogP contribution < -0.4 is 15.8 Å². The highest BCUT2D eigenvalue weighted by Crippen LogP contribution is 2.59. The molecule has 3 heterocycles. The maximum atomic E-state index is 2.82. The highest BCUT2D eigenvalue weighted by atomic mass is 15.2. The van der Waals surface area contributed by atoms with Crippen LogP contribution in [0.15, 0.2) is 103 Å². The Labute approximate surface area is 338 Å². The highest BCUT2D eigenvalue weighted by Gasteiger charge is 2.51. The average Bonchev–Trinajstić information content (AvgIpc) is 3.74. The van der Waals surface area contributed by atoms with Gasteiger partial charge in [-0.2, -0.15) is 0 Å². The Balaban J connectivity index is 1.26. The molecule has 0 amide bonds. The van der Waals surface area contributed by atoms with Crippen LogP contribution in [-0.4, -0.2) is 11.3 Å². The van der Waals surface area contributed by atoms with Crippen LogP contribution in [0.5, 0.6) is 0 Å². The largest absolute Gasteiger partial charge is 0.378 e. The summed E-state index contributed by atoms with van der Waals surface area (Å²) < 4.78 is 2.82. The molecule has 1 aromatic heterocycles. The first-order valence-corrected chi connectivity index (χ1v) is 21.3. The van der Waals surface area contributed by atoms with E-state index in [1.54, 1.807) is 0 Å². The van der Waals surface area contributed by atoms with E-state index in [4.69, 9.17) is 0 Å². The smallest absolute Gasteiger partial charge is 0.332 e. The Morgan fingerprint density at radius 3 is 1.93 bits per heavy atom. The molecule has 3 aliphatic carbocycles. The van der Waals surface area contributed by atoms with Crippen molar-refractivity contribution in [2.75, 3.05) is 4.90 Å². The minimum absolute atomic E-state index is 0.0229. The lowest BCUT2D eigenvalue weighted by Gasteiger charge is -2.46. The monoisotopic (exact) mass is 738 g/mol. The number of hydrogen-bond donors (Lipinski definition) is 0. The van der Waals surface area contributed by atoms with Crippen molar-refractivity contribution < 1.29 is 0 Å². The van der Waals surface area contributed by atoms with Gasteiger partial charge in [-0.25, -0.2) is 0 Å². The first-order valence-electron chi connectivity index (χ1n) is 21.3. The molecule has 3 heteroatoms. The van der Waals surface area contributed by atoms with Crippen LogP contribution in [-0.2, 0) is 21.7 Å². The molecule has 0 bridgehead atoms. The predicted molar refractivity (Wildman–Crippen MR) is 242 cm³/mol. The van der Waals surface area contributed by atoms with Crippen LogP contribution in [0.3, 0.4) is 0 Å². The molecule has 0 fully saturated rings. The van der Waals surface area contributed by atoms with Gasteiger partial charge in [0, 0.05) is 55.6 Å². The topological polar surface area (TPSA) is 8.17 Å². The number of aryl methyl sites for hydroxylation is 2. The summed E-state index contributed by atoms with van der Waals surface area (Å²) in [4.78, 5) is 2.76. The zero-order valence-electron chi connectivity index (χ0n) is 35.2. The van der Waals surface area contributed by atoms with Crippen molar-refractivity contribution in [2.45, 2.75) is 104 Å². The van der Waals surface area contributed by atoms with Gasteiger partial charge in [-0.1, -0.05) is 146 Å². The van der Waals surface area contributed by atoms with E-state index in [1.807, 2.05) is 0 Å². The van der Waals surface area contributed by atoms with Crippen molar-refractivity contribution in [3.8, 4) is 33.4 Å². The van der Waals surface area contributed by atoms with Crippen molar-refractivity contribution >= 4 is 45.7 Å². The van der Waals surface area contributed by atoms with E-state index in [1.165, 1.54) is 130 Å². The highest BCUT2D eigenvalue weighted by molar-refractivity contribution is 6.89. The SMILES string of the molecule is Cc1cc2c3c(c1)N(c1cc4c(cc1C)C(C)(C)CCC4(C)C)c1c(ccc4c1C(C)(C)c1ccccc1-4)B3n1c3c(c4cccc-2c41)-c1ccccc1C3(C)C. The van der Waals surface area contributed by atoms with Crippen molar-refractivity contribution in [3.05, 3.63) is 148 Å². The summed E-state index contributed by atoms with van der Waals surface area (Å²) in [6.07, 6.45) is 2.40. The maximum absolute atomic E-state index is 2.82. The first kappa shape index (κ1) is 33.8. The number of benzene rings is 6. The zero-order chi connectivity index (χ0) is 39.3. The fraction of sp³-hybridized carbons (Fsp3) is 0.296. The van der Waals surface area contributed by atoms with E-state index in [9.17, 15) is 0 Å². The molecule has 0 saturated carbocycles. The van der Waals surface area contributed by atoms with E-state index in [2.05, 4.69) is 182 Å². The van der Waals surface area contributed by atoms with Gasteiger partial charge in [-0.3, -0.25) is 0 Å². The van der Waals surface area contributed by atoms with Crippen LogP contribution in [0.25, 0.3) is 44.3 Å². The number of nitrogens with zero attached hydrogens (tertiary/aromatic N) is 2. The summed E-state index contributed by atoms with van der Waals surface area (Å²) in [6.45, 7) is 24.4. The molecule has 0 spiro atoms. The van der Waals surface area contributed by atoms with Crippen LogP contribution in [0.2, 0.25) is 0 Å². The molecule has 280 valence electrons. The van der Waals surface area contributed by atoms with Crippen LogP contribution in [0.4, 0.5) is 17.1 Å². The lowest BCUT2D eigenvalue weighted by molar-refractivity contribution is 0.332. The van der Waals surface area contributed by atoms with E-state index in [0.29, 0.717) is 0 Å². The van der Waals surface area contributed by atoms with Gasteiger partial charge < -0.3 is 9.38 Å². The lowest BCUT2D eigenvalue weighted by Crippen LogP contribution is -2.58. The fourth-order valence-corrected chi connectivity index (χ4v) is 12.6. The van der Waals surface area contributed by atoms with Crippen molar-refractivity contribution in [1.82, 2.24) is 4.48 Å². The summed E-state index contributed by atoms with van der Waals surface area (Å²) in [7, 11) is 0. The summed E-state index contributed by atoms with van der Waals surface area (Å²) in [6, 6.07) is 40.7. The molecule has 7 aromatic rings. The number of aromatic nitrogens is 1.